The Hall–Kier alpha value is -1.94. The van der Waals surface area contributed by atoms with Crippen molar-refractivity contribution in [3.8, 4) is 0 Å². The zero-order valence-corrected chi connectivity index (χ0v) is 21.0. The molecule has 0 rings (SSSR count). The minimum Gasteiger partial charge on any atom is -0.454 e. The van der Waals surface area contributed by atoms with Crippen LogP contribution in [0.2, 0.25) is 0 Å². The average molecular weight is 513 g/mol. The quantitative estimate of drug-likeness (QED) is 0.123. The molecule has 1 unspecified atom stereocenters. The van der Waals surface area contributed by atoms with Gasteiger partial charge in [-0.05, 0) is 53.0 Å². The second kappa shape index (κ2) is 24.2. The predicted octanol–water partition coefficient (Wildman–Crippen LogP) is 0.248. The van der Waals surface area contributed by atoms with Crippen LogP contribution in [0.25, 0.3) is 0 Å². The number of aliphatic hydroxyl groups is 1. The van der Waals surface area contributed by atoms with Gasteiger partial charge in [0, 0.05) is 6.42 Å². The molecule has 0 saturated carbocycles. The van der Waals surface area contributed by atoms with Crippen molar-refractivity contribution in [1.82, 2.24) is 5.32 Å². The Morgan fingerprint density at radius 1 is 1.06 bits per heavy atom. The molecular formula is C22H49N4O7P. The number of nitrogens with one attached hydrogen (secondary N) is 1. The third kappa shape index (κ3) is 20.7. The molecule has 2 amide bonds. The standard InChI is InChI=1S/C11H18O4.C9H20N4O3.2CH4.H3P/c1-5-10(6-7(2)12)11(14)15-9(4)8(3)13;10-4-2-1-3-7(8(12)15)13-9(16)6(11)5-14;;;/h9-10H,5-6H2,1-4H3;6-7,14H,1-5,10-11H2,(H2,12,15)(H,13,16);2*1H4;1H3/t9-,10+;6-,7-;;;/m00.../s1. The van der Waals surface area contributed by atoms with E-state index >= 15 is 0 Å². The van der Waals surface area contributed by atoms with E-state index in [9.17, 15) is 24.0 Å². The van der Waals surface area contributed by atoms with Gasteiger partial charge in [-0.1, -0.05) is 21.8 Å². The molecule has 0 aliphatic carbocycles. The van der Waals surface area contributed by atoms with Crippen molar-refractivity contribution in [1.29, 1.82) is 0 Å². The van der Waals surface area contributed by atoms with Crippen molar-refractivity contribution in [2.24, 2.45) is 23.1 Å². The zero-order chi connectivity index (χ0) is 24.6. The van der Waals surface area contributed by atoms with Crippen molar-refractivity contribution < 1.29 is 33.8 Å². The molecule has 0 aromatic heterocycles. The number of amides is 2. The second-order valence-corrected chi connectivity index (χ2v) is 7.24. The highest BCUT2D eigenvalue weighted by atomic mass is 31.0. The Bertz CT molecular complexity index is 606. The lowest BCUT2D eigenvalue weighted by atomic mass is 10.0. The van der Waals surface area contributed by atoms with Gasteiger partial charge in [-0.25, -0.2) is 0 Å². The fourth-order valence-electron chi connectivity index (χ4n) is 2.23. The van der Waals surface area contributed by atoms with Crippen LogP contribution in [0.5, 0.6) is 0 Å². The lowest BCUT2D eigenvalue weighted by Gasteiger charge is -2.17. The first-order chi connectivity index (χ1) is 14.4. The first-order valence-electron chi connectivity index (χ1n) is 10.3. The van der Waals surface area contributed by atoms with Crippen molar-refractivity contribution >= 4 is 39.2 Å². The van der Waals surface area contributed by atoms with Crippen LogP contribution in [-0.2, 0) is 28.7 Å². The van der Waals surface area contributed by atoms with Crippen molar-refractivity contribution in [3.63, 3.8) is 0 Å². The molecule has 0 aliphatic rings. The number of ether oxygens (including phenoxy) is 1. The summed E-state index contributed by atoms with van der Waals surface area (Å²) in [5, 5.41) is 11.0. The molecule has 204 valence electrons. The third-order valence-corrected chi connectivity index (χ3v) is 4.37. The highest BCUT2D eigenvalue weighted by Gasteiger charge is 2.23. The molecule has 0 aromatic rings. The van der Waals surface area contributed by atoms with E-state index in [1.807, 2.05) is 6.92 Å². The van der Waals surface area contributed by atoms with Gasteiger partial charge < -0.3 is 37.2 Å². The number of aliphatic hydroxyl groups excluding tert-OH is 1. The largest absolute Gasteiger partial charge is 0.454 e. The van der Waals surface area contributed by atoms with Crippen LogP contribution in [-0.4, -0.2) is 65.8 Å². The van der Waals surface area contributed by atoms with E-state index < -0.39 is 48.5 Å². The van der Waals surface area contributed by atoms with Gasteiger partial charge in [0.05, 0.1) is 12.5 Å². The van der Waals surface area contributed by atoms with Gasteiger partial charge in [-0.3, -0.25) is 19.2 Å². The number of rotatable bonds is 14. The summed E-state index contributed by atoms with van der Waals surface area (Å²) in [5.74, 6) is -2.33. The van der Waals surface area contributed by atoms with Crippen LogP contribution in [0.3, 0.4) is 0 Å². The zero-order valence-electron chi connectivity index (χ0n) is 19.6. The van der Waals surface area contributed by atoms with E-state index in [0.29, 0.717) is 25.8 Å². The van der Waals surface area contributed by atoms with Gasteiger partial charge in [0.2, 0.25) is 11.8 Å². The summed E-state index contributed by atoms with van der Waals surface area (Å²) in [6.07, 6.45) is 1.88. The summed E-state index contributed by atoms with van der Waals surface area (Å²) in [7, 11) is 0. The van der Waals surface area contributed by atoms with E-state index in [2.05, 4.69) is 5.32 Å². The Kier molecular flexibility index (Phi) is 30.1. The molecule has 0 aromatic carbocycles. The fourth-order valence-corrected chi connectivity index (χ4v) is 2.23. The Labute approximate surface area is 207 Å². The first-order valence-corrected chi connectivity index (χ1v) is 10.3. The number of hydrogen-bond acceptors (Lipinski definition) is 9. The van der Waals surface area contributed by atoms with E-state index in [-0.39, 0.29) is 42.7 Å². The summed E-state index contributed by atoms with van der Waals surface area (Å²) < 4.78 is 4.93. The smallest absolute Gasteiger partial charge is 0.310 e. The molecule has 5 atom stereocenters. The number of primary amides is 1. The van der Waals surface area contributed by atoms with E-state index in [1.165, 1.54) is 20.8 Å². The number of ketones is 2. The normalized spacial score (nSPS) is 12.9. The SMILES string of the molecule is C.C.CC[C@H](CC(C)=O)C(=O)O[C@@H](C)C(C)=O.NCCCC[C@H](NC(=O)[C@@H](N)CO)C(N)=O.P. The molecule has 12 heteroatoms. The lowest BCUT2D eigenvalue weighted by molar-refractivity contribution is -0.158. The maximum absolute atomic E-state index is 11.5. The van der Waals surface area contributed by atoms with Crippen molar-refractivity contribution in [2.75, 3.05) is 13.2 Å². The summed E-state index contributed by atoms with van der Waals surface area (Å²) >= 11 is 0. The first kappa shape index (κ1) is 42.2. The van der Waals surface area contributed by atoms with Crippen LogP contribution in [0.1, 0.15) is 74.7 Å². The van der Waals surface area contributed by atoms with Crippen LogP contribution in [0, 0.1) is 5.92 Å². The molecule has 0 bridgehead atoms. The van der Waals surface area contributed by atoms with Crippen molar-refractivity contribution in [3.05, 3.63) is 0 Å². The number of carbonyl (C=O) groups is 5. The summed E-state index contributed by atoms with van der Waals surface area (Å²) in [5.41, 5.74) is 15.7. The van der Waals surface area contributed by atoms with Gasteiger partial charge in [0.1, 0.15) is 17.9 Å². The number of Topliss-reactive ketones (excluding diaryl/α,β-unsaturated/α-hetero) is 2. The van der Waals surface area contributed by atoms with Gasteiger partial charge in [-0.2, -0.15) is 9.90 Å². The number of nitrogens with two attached hydrogens (primary N) is 3. The lowest BCUT2D eigenvalue weighted by Crippen LogP contribution is -2.51. The molecule has 0 spiro atoms. The summed E-state index contributed by atoms with van der Waals surface area (Å²) in [6, 6.07) is -1.78. The highest BCUT2D eigenvalue weighted by Crippen LogP contribution is 2.12. The highest BCUT2D eigenvalue weighted by molar-refractivity contribution is 6.92. The van der Waals surface area contributed by atoms with Crippen LogP contribution in [0.15, 0.2) is 0 Å². The molecule has 0 radical (unpaired) electrons. The summed E-state index contributed by atoms with van der Waals surface area (Å²) in [6.45, 7) is 6.19. The van der Waals surface area contributed by atoms with Crippen LogP contribution in [0.4, 0.5) is 0 Å². The van der Waals surface area contributed by atoms with Gasteiger partial charge in [0.25, 0.3) is 0 Å². The minimum atomic E-state index is -1.03. The number of hydrogen-bond donors (Lipinski definition) is 5. The fraction of sp³-hybridized carbons (Fsp3) is 0.773. The van der Waals surface area contributed by atoms with E-state index in [4.69, 9.17) is 27.0 Å². The minimum absolute atomic E-state index is 0. The number of esters is 1. The Morgan fingerprint density at radius 2 is 1.59 bits per heavy atom. The monoisotopic (exact) mass is 512 g/mol. The topological polar surface area (TPSA) is 205 Å². The Morgan fingerprint density at radius 3 is 1.94 bits per heavy atom. The van der Waals surface area contributed by atoms with Gasteiger partial charge in [-0.15, -0.1) is 0 Å². The molecule has 0 fully saturated rings. The summed E-state index contributed by atoms with van der Waals surface area (Å²) in [4.78, 5) is 55.5. The van der Waals surface area contributed by atoms with Crippen LogP contribution >= 0.6 is 9.90 Å². The van der Waals surface area contributed by atoms with Gasteiger partial charge in [0.15, 0.2) is 11.9 Å². The molecule has 34 heavy (non-hydrogen) atoms. The molecule has 11 nitrogen and oxygen atoms in total. The van der Waals surface area contributed by atoms with E-state index in [1.54, 1.807) is 0 Å². The third-order valence-electron chi connectivity index (χ3n) is 4.37. The second-order valence-electron chi connectivity index (χ2n) is 7.24. The maximum atomic E-state index is 11.5. The average Bonchev–Trinajstić information content (AvgIpc) is 2.70. The molecule has 0 heterocycles. The number of unbranched alkanes of at least 4 members (excludes halogenated alkanes) is 1. The molecule has 8 N–H and O–H groups in total. The van der Waals surface area contributed by atoms with Crippen LogP contribution < -0.4 is 22.5 Å². The maximum Gasteiger partial charge on any atom is 0.310 e. The molecule has 0 aliphatic heterocycles. The molecular weight excluding hydrogens is 463 g/mol. The molecule has 0 saturated heterocycles. The van der Waals surface area contributed by atoms with Gasteiger partial charge >= 0.3 is 5.97 Å². The predicted molar refractivity (Wildman–Crippen MR) is 139 cm³/mol. The number of carbonyl (C=O) groups excluding carboxylic acids is 5. The Balaban J connectivity index is -0.000000152. The van der Waals surface area contributed by atoms with E-state index in [0.717, 1.165) is 6.42 Å². The van der Waals surface area contributed by atoms with Crippen molar-refractivity contribution in [2.45, 2.75) is 92.8 Å².